The lowest BCUT2D eigenvalue weighted by Crippen LogP contribution is -2.27. The lowest BCUT2D eigenvalue weighted by atomic mass is 10.2. The van der Waals surface area contributed by atoms with Gasteiger partial charge in [-0.05, 0) is 54.9 Å². The summed E-state index contributed by atoms with van der Waals surface area (Å²) in [5.74, 6) is 1.14. The first kappa shape index (κ1) is 17.3. The molecule has 0 bridgehead atoms. The molecule has 122 valence electrons. The molecule has 5 nitrogen and oxygen atoms in total. The van der Waals surface area contributed by atoms with Crippen LogP contribution in [0.5, 0.6) is 17.4 Å². The first-order valence-corrected chi connectivity index (χ1v) is 7.85. The number of pyridine rings is 1. The van der Waals surface area contributed by atoms with Gasteiger partial charge in [-0.2, -0.15) is 0 Å². The maximum atomic E-state index is 11.6. The van der Waals surface area contributed by atoms with Crippen LogP contribution >= 0.6 is 15.9 Å². The highest BCUT2D eigenvalue weighted by Gasteiger charge is 2.16. The quantitative estimate of drug-likeness (QED) is 0.722. The maximum absolute atomic E-state index is 11.6. The molecule has 0 amide bonds. The average Bonchev–Trinajstić information content (AvgIpc) is 2.46. The van der Waals surface area contributed by atoms with E-state index in [9.17, 15) is 4.79 Å². The van der Waals surface area contributed by atoms with Crippen molar-refractivity contribution in [1.82, 2.24) is 4.98 Å². The number of benzene rings is 1. The Hall–Kier alpha value is -2.08. The van der Waals surface area contributed by atoms with E-state index in [4.69, 9.17) is 14.2 Å². The van der Waals surface area contributed by atoms with Crippen molar-refractivity contribution in [2.75, 3.05) is 6.61 Å². The molecule has 0 spiro atoms. The van der Waals surface area contributed by atoms with Crippen LogP contribution in [0.25, 0.3) is 0 Å². The Morgan fingerprint density at radius 2 is 1.91 bits per heavy atom. The summed E-state index contributed by atoms with van der Waals surface area (Å²) in [5.41, 5.74) is -0.529. The zero-order chi connectivity index (χ0) is 16.9. The lowest BCUT2D eigenvalue weighted by molar-refractivity contribution is -0.157. The van der Waals surface area contributed by atoms with Gasteiger partial charge in [0.15, 0.2) is 6.61 Å². The summed E-state index contributed by atoms with van der Waals surface area (Å²) in [7, 11) is 0. The molecule has 0 saturated heterocycles. The largest absolute Gasteiger partial charge is 0.482 e. The third-order valence-corrected chi connectivity index (χ3v) is 2.97. The number of rotatable bonds is 5. The summed E-state index contributed by atoms with van der Waals surface area (Å²) in [4.78, 5) is 15.8. The van der Waals surface area contributed by atoms with Gasteiger partial charge in [-0.3, -0.25) is 0 Å². The highest BCUT2D eigenvalue weighted by Crippen LogP contribution is 2.24. The number of halogens is 1. The minimum Gasteiger partial charge on any atom is -0.482 e. The van der Waals surface area contributed by atoms with Crippen LogP contribution in [0.15, 0.2) is 47.1 Å². The monoisotopic (exact) mass is 379 g/mol. The third-order valence-electron chi connectivity index (χ3n) is 2.50. The van der Waals surface area contributed by atoms with E-state index in [2.05, 4.69) is 20.9 Å². The highest BCUT2D eigenvalue weighted by atomic mass is 79.9. The van der Waals surface area contributed by atoms with Crippen molar-refractivity contribution >= 4 is 21.9 Å². The molecule has 1 aromatic heterocycles. The van der Waals surface area contributed by atoms with Gasteiger partial charge in [0.1, 0.15) is 17.1 Å². The molecule has 0 atom stereocenters. The molecule has 0 aliphatic carbocycles. The van der Waals surface area contributed by atoms with Gasteiger partial charge in [0.2, 0.25) is 5.88 Å². The highest BCUT2D eigenvalue weighted by molar-refractivity contribution is 9.10. The molecule has 0 aliphatic heterocycles. The van der Waals surface area contributed by atoms with Crippen molar-refractivity contribution in [1.29, 1.82) is 0 Å². The van der Waals surface area contributed by atoms with Crippen molar-refractivity contribution in [2.45, 2.75) is 26.4 Å². The molecule has 0 aliphatic rings. The molecule has 0 fully saturated rings. The van der Waals surface area contributed by atoms with Gasteiger partial charge in [-0.15, -0.1) is 0 Å². The van der Waals surface area contributed by atoms with Crippen molar-refractivity contribution in [2.24, 2.45) is 0 Å². The number of aromatic nitrogens is 1. The van der Waals surface area contributed by atoms with Gasteiger partial charge >= 0.3 is 5.97 Å². The van der Waals surface area contributed by atoms with Gasteiger partial charge in [0.05, 0.1) is 0 Å². The van der Waals surface area contributed by atoms with Crippen molar-refractivity contribution < 1.29 is 19.0 Å². The molecule has 0 radical (unpaired) electrons. The SMILES string of the molecule is CC(C)(C)OC(=O)COc1cccc(Oc2ccc(Br)cn2)c1. The number of nitrogens with zero attached hydrogens (tertiary/aromatic N) is 1. The van der Waals surface area contributed by atoms with Gasteiger partial charge in [0.25, 0.3) is 0 Å². The van der Waals surface area contributed by atoms with Crippen molar-refractivity contribution in [3.63, 3.8) is 0 Å². The van der Waals surface area contributed by atoms with E-state index in [0.717, 1.165) is 4.47 Å². The number of hydrogen-bond acceptors (Lipinski definition) is 5. The summed E-state index contributed by atoms with van der Waals surface area (Å²) in [6.45, 7) is 5.27. The van der Waals surface area contributed by atoms with E-state index in [1.54, 1.807) is 36.5 Å². The Kier molecular flexibility index (Phi) is 5.60. The third kappa shape index (κ3) is 6.28. The van der Waals surface area contributed by atoms with Crippen LogP contribution < -0.4 is 9.47 Å². The van der Waals surface area contributed by atoms with Gasteiger partial charge in [0, 0.05) is 22.8 Å². The van der Waals surface area contributed by atoms with E-state index >= 15 is 0 Å². The molecule has 2 rings (SSSR count). The molecule has 2 aromatic rings. The molecule has 0 unspecified atom stereocenters. The number of carbonyl (C=O) groups excluding carboxylic acids is 1. The maximum Gasteiger partial charge on any atom is 0.344 e. The Morgan fingerprint density at radius 3 is 2.57 bits per heavy atom. The minimum atomic E-state index is -0.529. The van der Waals surface area contributed by atoms with Crippen LogP contribution in [0.2, 0.25) is 0 Å². The minimum absolute atomic E-state index is 0.155. The molecule has 1 aromatic carbocycles. The fourth-order valence-corrected chi connectivity index (χ4v) is 1.92. The zero-order valence-corrected chi connectivity index (χ0v) is 14.8. The van der Waals surface area contributed by atoms with Crippen molar-refractivity contribution in [3.8, 4) is 17.4 Å². The fraction of sp³-hybridized carbons (Fsp3) is 0.294. The van der Waals surface area contributed by atoms with E-state index in [1.165, 1.54) is 0 Å². The van der Waals surface area contributed by atoms with Crippen molar-refractivity contribution in [3.05, 3.63) is 47.1 Å². The average molecular weight is 380 g/mol. The predicted octanol–water partition coefficient (Wildman–Crippen LogP) is 4.36. The molecular weight excluding hydrogens is 362 g/mol. The Bertz CT molecular complexity index is 665. The number of carbonyl (C=O) groups is 1. The topological polar surface area (TPSA) is 57.7 Å². The second kappa shape index (κ2) is 7.46. The van der Waals surface area contributed by atoms with Gasteiger partial charge in [-0.25, -0.2) is 9.78 Å². The predicted molar refractivity (Wildman–Crippen MR) is 89.8 cm³/mol. The van der Waals surface area contributed by atoms with Gasteiger partial charge in [-0.1, -0.05) is 6.07 Å². The number of esters is 1. The lowest BCUT2D eigenvalue weighted by Gasteiger charge is -2.19. The Labute approximate surface area is 143 Å². The van der Waals surface area contributed by atoms with Crippen LogP contribution in [0.4, 0.5) is 0 Å². The first-order chi connectivity index (χ1) is 10.8. The Balaban J connectivity index is 1.94. The van der Waals surface area contributed by atoms with E-state index in [-0.39, 0.29) is 6.61 Å². The molecular formula is C17H18BrNO4. The van der Waals surface area contributed by atoms with Crippen LogP contribution in [0, 0.1) is 0 Å². The van der Waals surface area contributed by atoms with Crippen LogP contribution in [-0.2, 0) is 9.53 Å². The second-order valence-electron chi connectivity index (χ2n) is 5.77. The van der Waals surface area contributed by atoms with Gasteiger partial charge < -0.3 is 14.2 Å². The second-order valence-corrected chi connectivity index (χ2v) is 6.68. The molecule has 1 heterocycles. The smallest absolute Gasteiger partial charge is 0.344 e. The fourth-order valence-electron chi connectivity index (χ4n) is 1.68. The molecule has 0 N–H and O–H groups in total. The van der Waals surface area contributed by atoms with E-state index < -0.39 is 11.6 Å². The summed E-state index contributed by atoms with van der Waals surface area (Å²) in [6, 6.07) is 10.6. The van der Waals surface area contributed by atoms with Crippen LogP contribution in [0.3, 0.4) is 0 Å². The standard InChI is InChI=1S/C17H18BrNO4/c1-17(2,3)23-16(20)11-21-13-5-4-6-14(9-13)22-15-8-7-12(18)10-19-15/h4-10H,11H2,1-3H3. The summed E-state index contributed by atoms with van der Waals surface area (Å²) in [5, 5.41) is 0. The molecule has 23 heavy (non-hydrogen) atoms. The summed E-state index contributed by atoms with van der Waals surface area (Å²) in [6.07, 6.45) is 1.65. The van der Waals surface area contributed by atoms with Crippen LogP contribution in [-0.4, -0.2) is 23.2 Å². The first-order valence-electron chi connectivity index (χ1n) is 7.06. The summed E-state index contributed by atoms with van der Waals surface area (Å²) < 4.78 is 17.1. The zero-order valence-electron chi connectivity index (χ0n) is 13.2. The normalized spacial score (nSPS) is 11.0. The number of hydrogen-bond donors (Lipinski definition) is 0. The van der Waals surface area contributed by atoms with E-state index in [1.807, 2.05) is 26.8 Å². The Morgan fingerprint density at radius 1 is 1.17 bits per heavy atom. The summed E-state index contributed by atoms with van der Waals surface area (Å²) >= 11 is 3.32. The van der Waals surface area contributed by atoms with E-state index in [0.29, 0.717) is 17.4 Å². The number of ether oxygens (including phenoxy) is 3. The molecule has 0 saturated carbocycles. The van der Waals surface area contributed by atoms with Crippen LogP contribution in [0.1, 0.15) is 20.8 Å². The molecule has 6 heteroatoms.